The molecule has 2 heterocycles. The van der Waals surface area contributed by atoms with Gasteiger partial charge in [0, 0.05) is 0 Å². The van der Waals surface area contributed by atoms with Crippen LogP contribution in [0.25, 0.3) is 11.2 Å². The molecule has 0 bridgehead atoms. The maximum Gasteiger partial charge on any atom is 0.184 e. The standard InChI is InChI=1S/C13H20N6/c1-8-4-9(6-13(2,3)5-8)19-12-10(17-18-19)11(14)15-7-16-12/h7-9H,4-6H2,1-3H3,(H2,14,15,16). The van der Waals surface area contributed by atoms with E-state index in [1.54, 1.807) is 0 Å². The van der Waals surface area contributed by atoms with E-state index in [2.05, 4.69) is 41.1 Å². The van der Waals surface area contributed by atoms with Gasteiger partial charge in [-0.05, 0) is 30.6 Å². The average molecular weight is 260 g/mol. The monoisotopic (exact) mass is 260 g/mol. The summed E-state index contributed by atoms with van der Waals surface area (Å²) in [6, 6.07) is 0.345. The smallest absolute Gasteiger partial charge is 0.184 e. The Labute approximate surface area is 112 Å². The molecule has 0 aliphatic heterocycles. The predicted molar refractivity (Wildman–Crippen MR) is 73.4 cm³/mol. The van der Waals surface area contributed by atoms with Crippen LogP contribution < -0.4 is 5.73 Å². The molecule has 0 amide bonds. The molecule has 3 rings (SSSR count). The summed E-state index contributed by atoms with van der Waals surface area (Å²) in [5.41, 5.74) is 7.51. The Morgan fingerprint density at radius 3 is 2.84 bits per heavy atom. The summed E-state index contributed by atoms with van der Waals surface area (Å²) in [5.74, 6) is 1.09. The molecular formula is C13H20N6. The number of fused-ring (bicyclic) bond motifs is 1. The normalized spacial score (nSPS) is 26.7. The highest BCUT2D eigenvalue weighted by molar-refractivity contribution is 5.80. The van der Waals surface area contributed by atoms with E-state index >= 15 is 0 Å². The number of aromatic nitrogens is 5. The molecule has 2 unspecified atom stereocenters. The number of hydrogen-bond donors (Lipinski definition) is 1. The molecule has 1 aliphatic rings. The Morgan fingerprint density at radius 1 is 1.32 bits per heavy atom. The zero-order chi connectivity index (χ0) is 13.6. The maximum atomic E-state index is 5.81. The highest BCUT2D eigenvalue weighted by Crippen LogP contribution is 2.44. The Hall–Kier alpha value is -1.72. The summed E-state index contributed by atoms with van der Waals surface area (Å²) < 4.78 is 1.94. The number of nitrogens with two attached hydrogens (primary N) is 1. The second-order valence-corrected chi connectivity index (χ2v) is 6.53. The van der Waals surface area contributed by atoms with Crippen molar-refractivity contribution >= 4 is 17.0 Å². The van der Waals surface area contributed by atoms with Gasteiger partial charge in [0.2, 0.25) is 0 Å². The summed E-state index contributed by atoms with van der Waals surface area (Å²) in [6.07, 6.45) is 4.95. The highest BCUT2D eigenvalue weighted by Gasteiger charge is 2.34. The van der Waals surface area contributed by atoms with Crippen LogP contribution in [0.15, 0.2) is 6.33 Å². The minimum atomic E-state index is 0.333. The highest BCUT2D eigenvalue weighted by atomic mass is 15.5. The Balaban J connectivity index is 2.02. The molecule has 6 nitrogen and oxygen atoms in total. The van der Waals surface area contributed by atoms with Gasteiger partial charge in [0.05, 0.1) is 6.04 Å². The zero-order valence-electron chi connectivity index (χ0n) is 11.7. The van der Waals surface area contributed by atoms with Crippen molar-refractivity contribution in [2.45, 2.75) is 46.1 Å². The third-order valence-electron chi connectivity index (χ3n) is 4.00. The van der Waals surface area contributed by atoms with Crippen molar-refractivity contribution in [2.24, 2.45) is 11.3 Å². The fraction of sp³-hybridized carbons (Fsp3) is 0.692. The van der Waals surface area contributed by atoms with E-state index in [1.165, 1.54) is 12.7 Å². The Kier molecular flexibility index (Phi) is 2.69. The lowest BCUT2D eigenvalue weighted by molar-refractivity contribution is 0.131. The van der Waals surface area contributed by atoms with Crippen LogP contribution in [0.4, 0.5) is 5.82 Å². The molecule has 2 aromatic heterocycles. The number of hydrogen-bond acceptors (Lipinski definition) is 5. The lowest BCUT2D eigenvalue weighted by Gasteiger charge is -2.38. The molecule has 102 valence electrons. The molecule has 0 radical (unpaired) electrons. The number of rotatable bonds is 1. The number of nitrogen functional groups attached to an aromatic ring is 1. The summed E-state index contributed by atoms with van der Waals surface area (Å²) in [4.78, 5) is 8.26. The zero-order valence-corrected chi connectivity index (χ0v) is 11.7. The lowest BCUT2D eigenvalue weighted by atomic mass is 9.70. The number of nitrogens with zero attached hydrogens (tertiary/aromatic N) is 5. The predicted octanol–water partition coefficient (Wildman–Crippen LogP) is 2.19. The second kappa shape index (κ2) is 4.15. The minimum Gasteiger partial charge on any atom is -0.382 e. The molecule has 0 aromatic carbocycles. The van der Waals surface area contributed by atoms with Crippen molar-refractivity contribution in [1.82, 2.24) is 25.0 Å². The second-order valence-electron chi connectivity index (χ2n) is 6.53. The summed E-state index contributed by atoms with van der Waals surface area (Å²) in [5, 5.41) is 8.39. The van der Waals surface area contributed by atoms with Gasteiger partial charge in [0.15, 0.2) is 17.0 Å². The van der Waals surface area contributed by atoms with Gasteiger partial charge in [-0.25, -0.2) is 14.6 Å². The molecule has 1 saturated carbocycles. The first-order valence-corrected chi connectivity index (χ1v) is 6.78. The summed E-state index contributed by atoms with van der Waals surface area (Å²) in [6.45, 7) is 6.94. The third kappa shape index (κ3) is 2.15. The Bertz CT molecular complexity index is 602. The fourth-order valence-corrected chi connectivity index (χ4v) is 3.51. The van der Waals surface area contributed by atoms with Crippen molar-refractivity contribution in [3.8, 4) is 0 Å². The van der Waals surface area contributed by atoms with Crippen LogP contribution in [0.5, 0.6) is 0 Å². The van der Waals surface area contributed by atoms with Gasteiger partial charge in [-0.3, -0.25) is 0 Å². The van der Waals surface area contributed by atoms with Gasteiger partial charge in [0.1, 0.15) is 6.33 Å². The minimum absolute atomic E-state index is 0.333. The largest absolute Gasteiger partial charge is 0.382 e. The summed E-state index contributed by atoms with van der Waals surface area (Å²) >= 11 is 0. The molecule has 2 aromatic rings. The molecule has 1 aliphatic carbocycles. The molecule has 2 atom stereocenters. The molecule has 1 fully saturated rings. The molecule has 6 heteroatoms. The van der Waals surface area contributed by atoms with E-state index in [-0.39, 0.29) is 0 Å². The van der Waals surface area contributed by atoms with E-state index in [0.29, 0.717) is 28.7 Å². The van der Waals surface area contributed by atoms with E-state index < -0.39 is 0 Å². The lowest BCUT2D eigenvalue weighted by Crippen LogP contribution is -2.30. The fourth-order valence-electron chi connectivity index (χ4n) is 3.51. The first-order valence-electron chi connectivity index (χ1n) is 6.78. The van der Waals surface area contributed by atoms with Crippen molar-refractivity contribution in [1.29, 1.82) is 0 Å². The van der Waals surface area contributed by atoms with Gasteiger partial charge in [-0.15, -0.1) is 5.10 Å². The maximum absolute atomic E-state index is 5.81. The van der Waals surface area contributed by atoms with E-state index in [1.807, 2.05) is 4.68 Å². The van der Waals surface area contributed by atoms with Gasteiger partial charge in [-0.1, -0.05) is 26.0 Å². The van der Waals surface area contributed by atoms with Crippen LogP contribution in [-0.2, 0) is 0 Å². The first kappa shape index (κ1) is 12.3. The molecule has 2 N–H and O–H groups in total. The van der Waals surface area contributed by atoms with Gasteiger partial charge in [0.25, 0.3) is 0 Å². The van der Waals surface area contributed by atoms with Crippen LogP contribution in [0.2, 0.25) is 0 Å². The van der Waals surface area contributed by atoms with Crippen LogP contribution in [0, 0.1) is 11.3 Å². The Morgan fingerprint density at radius 2 is 2.11 bits per heavy atom. The number of anilines is 1. The van der Waals surface area contributed by atoms with Crippen molar-refractivity contribution in [3.05, 3.63) is 6.33 Å². The van der Waals surface area contributed by atoms with E-state index in [9.17, 15) is 0 Å². The molecule has 19 heavy (non-hydrogen) atoms. The van der Waals surface area contributed by atoms with Crippen molar-refractivity contribution in [3.63, 3.8) is 0 Å². The SMILES string of the molecule is CC1CC(n2nnc3c(N)ncnc32)CC(C)(C)C1. The van der Waals surface area contributed by atoms with Gasteiger partial charge in [-0.2, -0.15) is 0 Å². The summed E-state index contributed by atoms with van der Waals surface area (Å²) in [7, 11) is 0. The van der Waals surface area contributed by atoms with E-state index in [0.717, 1.165) is 18.5 Å². The van der Waals surface area contributed by atoms with Crippen LogP contribution >= 0.6 is 0 Å². The van der Waals surface area contributed by atoms with Gasteiger partial charge < -0.3 is 5.73 Å². The first-order chi connectivity index (χ1) is 8.96. The van der Waals surface area contributed by atoms with Crippen LogP contribution in [0.3, 0.4) is 0 Å². The van der Waals surface area contributed by atoms with E-state index in [4.69, 9.17) is 5.73 Å². The topological polar surface area (TPSA) is 82.5 Å². The third-order valence-corrected chi connectivity index (χ3v) is 4.00. The quantitative estimate of drug-likeness (QED) is 0.849. The average Bonchev–Trinajstić information content (AvgIpc) is 2.71. The van der Waals surface area contributed by atoms with Gasteiger partial charge >= 0.3 is 0 Å². The van der Waals surface area contributed by atoms with Crippen molar-refractivity contribution in [2.75, 3.05) is 5.73 Å². The molecule has 0 saturated heterocycles. The van der Waals surface area contributed by atoms with Crippen molar-refractivity contribution < 1.29 is 0 Å². The molecular weight excluding hydrogens is 240 g/mol. The van der Waals surface area contributed by atoms with Crippen LogP contribution in [-0.4, -0.2) is 25.0 Å². The van der Waals surface area contributed by atoms with Crippen LogP contribution in [0.1, 0.15) is 46.1 Å². The molecule has 0 spiro atoms.